The Hall–Kier alpha value is -2.73. The van der Waals surface area contributed by atoms with Gasteiger partial charge in [0.05, 0.1) is 19.8 Å². The molecule has 1 saturated heterocycles. The summed E-state index contributed by atoms with van der Waals surface area (Å²) in [5.74, 6) is 2.56. The van der Waals surface area contributed by atoms with Gasteiger partial charge in [-0.15, -0.1) is 0 Å². The molecule has 0 radical (unpaired) electrons. The predicted octanol–water partition coefficient (Wildman–Crippen LogP) is 5.24. The van der Waals surface area contributed by atoms with E-state index in [1.54, 1.807) is 7.11 Å². The zero-order valence-electron chi connectivity index (χ0n) is 21.6. The van der Waals surface area contributed by atoms with E-state index in [4.69, 9.17) is 14.2 Å². The quantitative estimate of drug-likeness (QED) is 0.396. The van der Waals surface area contributed by atoms with Crippen LogP contribution in [0.15, 0.2) is 48.5 Å². The van der Waals surface area contributed by atoms with E-state index in [1.165, 1.54) is 31.2 Å². The minimum absolute atomic E-state index is 0.0833. The zero-order valence-corrected chi connectivity index (χ0v) is 21.6. The third-order valence-corrected chi connectivity index (χ3v) is 6.20. The summed E-state index contributed by atoms with van der Waals surface area (Å²) < 4.78 is 16.7. The normalized spacial score (nSPS) is 15.3. The molecule has 2 aromatic rings. The summed E-state index contributed by atoms with van der Waals surface area (Å²) >= 11 is 0. The molecule has 1 atom stereocenters. The summed E-state index contributed by atoms with van der Waals surface area (Å²) in [5.41, 5.74) is 1.21. The highest BCUT2D eigenvalue weighted by Crippen LogP contribution is 2.18. The minimum atomic E-state index is 0.0833. The van der Waals surface area contributed by atoms with Crippen molar-refractivity contribution in [3.63, 3.8) is 0 Å². The van der Waals surface area contributed by atoms with Crippen molar-refractivity contribution in [2.24, 2.45) is 0 Å². The molecule has 6 nitrogen and oxygen atoms in total. The number of hydrogen-bond donors (Lipinski definition) is 1. The number of benzene rings is 2. The fourth-order valence-electron chi connectivity index (χ4n) is 4.45. The highest BCUT2D eigenvalue weighted by molar-refractivity contribution is 5.76. The third kappa shape index (κ3) is 10.2. The molecule has 1 aliphatic rings. The van der Waals surface area contributed by atoms with Gasteiger partial charge in [-0.25, -0.2) is 0 Å². The molecule has 3 rings (SSSR count). The summed E-state index contributed by atoms with van der Waals surface area (Å²) in [4.78, 5) is 15.3. The topological polar surface area (TPSA) is 60.0 Å². The zero-order chi connectivity index (χ0) is 24.9. The molecule has 0 aliphatic carbocycles. The number of hydrogen-bond acceptors (Lipinski definition) is 5. The highest BCUT2D eigenvalue weighted by atomic mass is 16.5. The summed E-state index contributed by atoms with van der Waals surface area (Å²) in [6.45, 7) is 7.68. The molecule has 1 fully saturated rings. The van der Waals surface area contributed by atoms with Crippen molar-refractivity contribution < 1.29 is 19.0 Å². The lowest BCUT2D eigenvalue weighted by atomic mass is 10.0. The van der Waals surface area contributed by atoms with Crippen LogP contribution in [0.2, 0.25) is 0 Å². The maximum atomic E-state index is 12.8. The second-order valence-corrected chi connectivity index (χ2v) is 9.62. The van der Waals surface area contributed by atoms with E-state index in [9.17, 15) is 4.79 Å². The van der Waals surface area contributed by atoms with Gasteiger partial charge in [-0.3, -0.25) is 4.79 Å². The molecule has 1 amide bonds. The number of ether oxygens (including phenoxy) is 3. The molecular weight excluding hydrogens is 440 g/mol. The van der Waals surface area contributed by atoms with Crippen LogP contribution in [-0.2, 0) is 11.2 Å². The standard InChI is InChI=1S/C29H42N2O4/c1-23(2)35-28-12-10-24(11-13-28)21-25(22-31-18-6-4-5-7-19-31)30-29(32)9-8-20-34-27-16-14-26(33-3)15-17-27/h10-17,23,25H,4-9,18-22H2,1-3H3,(H,30,32)/t25-/m0/s1. The minimum Gasteiger partial charge on any atom is -0.497 e. The Labute approximate surface area is 210 Å². The number of carbonyl (C=O) groups excluding carboxylic acids is 1. The number of nitrogens with one attached hydrogen (secondary N) is 1. The number of nitrogens with zero attached hydrogens (tertiary/aromatic N) is 1. The molecule has 0 spiro atoms. The molecule has 0 saturated carbocycles. The van der Waals surface area contributed by atoms with Crippen molar-refractivity contribution in [3.05, 3.63) is 54.1 Å². The SMILES string of the molecule is COc1ccc(OCCCC(=O)N[C@@H](Cc2ccc(OC(C)C)cc2)CN2CCCCCC2)cc1. The molecular formula is C29H42N2O4. The van der Waals surface area contributed by atoms with Gasteiger partial charge in [0.15, 0.2) is 0 Å². The smallest absolute Gasteiger partial charge is 0.220 e. The van der Waals surface area contributed by atoms with Gasteiger partial charge in [-0.2, -0.15) is 0 Å². The second-order valence-electron chi connectivity index (χ2n) is 9.62. The fraction of sp³-hybridized carbons (Fsp3) is 0.552. The number of methoxy groups -OCH3 is 1. The van der Waals surface area contributed by atoms with Gasteiger partial charge in [0.25, 0.3) is 0 Å². The van der Waals surface area contributed by atoms with E-state index in [-0.39, 0.29) is 18.1 Å². The molecule has 1 aliphatic heterocycles. The van der Waals surface area contributed by atoms with Crippen molar-refractivity contribution in [2.75, 3.05) is 33.4 Å². The van der Waals surface area contributed by atoms with Gasteiger partial charge in [0.1, 0.15) is 17.2 Å². The Morgan fingerprint density at radius 3 is 2.17 bits per heavy atom. The van der Waals surface area contributed by atoms with Crippen molar-refractivity contribution in [1.82, 2.24) is 10.2 Å². The molecule has 1 heterocycles. The Balaban J connectivity index is 1.50. The van der Waals surface area contributed by atoms with E-state index in [0.29, 0.717) is 19.4 Å². The second kappa shape index (κ2) is 14.6. The molecule has 35 heavy (non-hydrogen) atoms. The lowest BCUT2D eigenvalue weighted by molar-refractivity contribution is -0.122. The average molecular weight is 483 g/mol. The van der Waals surface area contributed by atoms with Gasteiger partial charge < -0.3 is 24.4 Å². The van der Waals surface area contributed by atoms with E-state index < -0.39 is 0 Å². The summed E-state index contributed by atoms with van der Waals surface area (Å²) in [6.07, 6.45) is 7.19. The van der Waals surface area contributed by atoms with Crippen LogP contribution >= 0.6 is 0 Å². The van der Waals surface area contributed by atoms with Crippen LogP contribution in [0.3, 0.4) is 0 Å². The van der Waals surface area contributed by atoms with Crippen LogP contribution in [0, 0.1) is 0 Å². The molecule has 192 valence electrons. The highest BCUT2D eigenvalue weighted by Gasteiger charge is 2.18. The van der Waals surface area contributed by atoms with Crippen molar-refractivity contribution >= 4 is 5.91 Å². The van der Waals surface area contributed by atoms with Crippen molar-refractivity contribution in [1.29, 1.82) is 0 Å². The molecule has 2 aromatic carbocycles. The van der Waals surface area contributed by atoms with E-state index >= 15 is 0 Å². The Morgan fingerprint density at radius 1 is 0.914 bits per heavy atom. The van der Waals surface area contributed by atoms with Crippen LogP contribution in [0.4, 0.5) is 0 Å². The van der Waals surface area contributed by atoms with Crippen molar-refractivity contribution in [3.8, 4) is 17.2 Å². The summed E-state index contributed by atoms with van der Waals surface area (Å²) in [6, 6.07) is 15.9. The largest absolute Gasteiger partial charge is 0.497 e. The van der Waals surface area contributed by atoms with Gasteiger partial charge in [0.2, 0.25) is 5.91 Å². The Morgan fingerprint density at radius 2 is 1.54 bits per heavy atom. The van der Waals surface area contributed by atoms with Gasteiger partial charge in [-0.05, 0) is 94.6 Å². The lowest BCUT2D eigenvalue weighted by Crippen LogP contribution is -2.45. The first kappa shape index (κ1) is 26.9. The lowest BCUT2D eigenvalue weighted by Gasteiger charge is -2.27. The van der Waals surface area contributed by atoms with Gasteiger partial charge in [-0.1, -0.05) is 25.0 Å². The number of likely N-dealkylation sites (tertiary alicyclic amines) is 1. The maximum Gasteiger partial charge on any atom is 0.220 e. The first-order chi connectivity index (χ1) is 17.0. The van der Waals surface area contributed by atoms with Crippen LogP contribution in [0.1, 0.15) is 57.9 Å². The molecule has 0 bridgehead atoms. The van der Waals surface area contributed by atoms with Gasteiger partial charge >= 0.3 is 0 Å². The Bertz CT molecular complexity index is 859. The summed E-state index contributed by atoms with van der Waals surface area (Å²) in [5, 5.41) is 3.31. The van der Waals surface area contributed by atoms with Gasteiger partial charge in [0, 0.05) is 19.0 Å². The number of amides is 1. The van der Waals surface area contributed by atoms with E-state index in [0.717, 1.165) is 43.3 Å². The summed E-state index contributed by atoms with van der Waals surface area (Å²) in [7, 11) is 1.64. The van der Waals surface area contributed by atoms with E-state index in [2.05, 4.69) is 22.3 Å². The molecule has 1 N–H and O–H groups in total. The molecule has 0 aromatic heterocycles. The first-order valence-corrected chi connectivity index (χ1v) is 13.1. The third-order valence-electron chi connectivity index (χ3n) is 6.20. The van der Waals surface area contributed by atoms with Crippen LogP contribution in [0.5, 0.6) is 17.2 Å². The van der Waals surface area contributed by atoms with Crippen LogP contribution in [-0.4, -0.2) is 56.3 Å². The molecule has 6 heteroatoms. The predicted molar refractivity (Wildman–Crippen MR) is 140 cm³/mol. The van der Waals surface area contributed by atoms with Crippen LogP contribution < -0.4 is 19.5 Å². The fourth-order valence-corrected chi connectivity index (χ4v) is 4.45. The maximum absolute atomic E-state index is 12.8. The number of carbonyl (C=O) groups is 1. The van der Waals surface area contributed by atoms with Crippen molar-refractivity contribution in [2.45, 2.75) is 70.9 Å². The van der Waals surface area contributed by atoms with Crippen LogP contribution in [0.25, 0.3) is 0 Å². The molecule has 0 unspecified atom stereocenters. The van der Waals surface area contributed by atoms with E-state index in [1.807, 2.05) is 50.2 Å². The Kier molecular flexibility index (Phi) is 11.2. The average Bonchev–Trinajstić information content (AvgIpc) is 3.12. The first-order valence-electron chi connectivity index (χ1n) is 13.1. The number of rotatable bonds is 13. The monoisotopic (exact) mass is 482 g/mol.